The molecule has 2 amide bonds. The Morgan fingerprint density at radius 2 is 2.19 bits per heavy atom. The van der Waals surface area contributed by atoms with Crippen molar-refractivity contribution in [2.24, 2.45) is 0 Å². The van der Waals surface area contributed by atoms with Gasteiger partial charge in [0.15, 0.2) is 5.65 Å². The molecule has 3 aromatic rings. The van der Waals surface area contributed by atoms with Crippen LogP contribution in [0.2, 0.25) is 0 Å². The minimum atomic E-state index is -2.67. The number of carbonyl (C=O) groups is 1. The molecule has 8 nitrogen and oxygen atoms in total. The van der Waals surface area contributed by atoms with E-state index in [1.165, 1.54) is 27.9 Å². The van der Waals surface area contributed by atoms with Gasteiger partial charge in [0.25, 0.3) is 0 Å². The molecule has 0 aliphatic carbocycles. The van der Waals surface area contributed by atoms with Crippen LogP contribution in [0.25, 0.3) is 5.65 Å². The summed E-state index contributed by atoms with van der Waals surface area (Å²) in [6.07, 6.45) is -1.54. The summed E-state index contributed by atoms with van der Waals surface area (Å²) in [6, 6.07) is 1.99. The van der Waals surface area contributed by atoms with E-state index in [-0.39, 0.29) is 40.6 Å². The first-order chi connectivity index (χ1) is 17.2. The van der Waals surface area contributed by atoms with Crippen molar-refractivity contribution in [2.45, 2.75) is 31.4 Å². The molecule has 5 rings (SSSR count). The Bertz CT molecular complexity index is 1390. The lowest BCUT2D eigenvalue weighted by Gasteiger charge is -2.26. The number of hydrogen-bond acceptors (Lipinski definition) is 5. The van der Waals surface area contributed by atoms with E-state index in [2.05, 4.69) is 15.4 Å². The van der Waals surface area contributed by atoms with Crippen LogP contribution in [0, 0.1) is 11.6 Å². The van der Waals surface area contributed by atoms with E-state index in [9.17, 15) is 18.7 Å². The van der Waals surface area contributed by atoms with Gasteiger partial charge in [0.2, 0.25) is 0 Å². The fourth-order valence-electron chi connectivity index (χ4n) is 3.64. The van der Waals surface area contributed by atoms with Crippen LogP contribution in [0.1, 0.15) is 39.0 Å². The number of aliphatic hydroxyl groups excluding tert-OH is 1. The Morgan fingerprint density at radius 3 is 3.00 bits per heavy atom. The number of urea groups is 1. The summed E-state index contributed by atoms with van der Waals surface area (Å²) >= 11 is 0. The van der Waals surface area contributed by atoms with E-state index in [4.69, 9.17) is 8.22 Å². The molecule has 31 heavy (non-hydrogen) atoms. The highest BCUT2D eigenvalue weighted by Crippen LogP contribution is 2.37. The zero-order valence-electron chi connectivity index (χ0n) is 22.1. The molecule has 0 saturated carbocycles. The molecule has 0 radical (unpaired) electrons. The highest BCUT2D eigenvalue weighted by atomic mass is 19.1. The van der Waals surface area contributed by atoms with Gasteiger partial charge < -0.3 is 20.2 Å². The number of aromatic nitrogens is 3. The van der Waals surface area contributed by atoms with Crippen molar-refractivity contribution in [1.29, 1.82) is 0 Å². The largest absolute Gasteiger partial charge is 0.391 e. The van der Waals surface area contributed by atoms with Gasteiger partial charge in [-0.15, -0.1) is 0 Å². The second-order valence-corrected chi connectivity index (χ2v) is 7.10. The van der Waals surface area contributed by atoms with E-state index in [1.807, 2.05) is 0 Å². The summed E-state index contributed by atoms with van der Waals surface area (Å²) in [4.78, 5) is 19.1. The number of amides is 2. The van der Waals surface area contributed by atoms with Crippen LogP contribution in [0.4, 0.5) is 25.1 Å². The van der Waals surface area contributed by atoms with Crippen molar-refractivity contribution in [2.75, 3.05) is 29.8 Å². The third-order valence-electron chi connectivity index (χ3n) is 5.07. The third-order valence-corrected chi connectivity index (χ3v) is 5.07. The fourth-order valence-corrected chi connectivity index (χ4v) is 3.64. The van der Waals surface area contributed by atoms with Crippen LogP contribution in [-0.2, 0) is 0 Å². The van der Waals surface area contributed by atoms with Crippen LogP contribution in [0.15, 0.2) is 36.7 Å². The number of nitrogens with one attached hydrogen (secondary N) is 1. The number of benzene rings is 1. The number of hydrogen-bond donors (Lipinski definition) is 2. The lowest BCUT2D eigenvalue weighted by molar-refractivity contribution is 0.176. The number of anilines is 2. The smallest absolute Gasteiger partial charge is 0.322 e. The number of carbonyl (C=O) groups excluding carboxylic acids is 1. The normalized spacial score (nSPS) is 29.0. The topological polar surface area (TPSA) is 86.0 Å². The molecule has 162 valence electrons. The standard InChI is InChI=1S/C21H22F2N6O2/c22-13-3-4-16(23)15(10-13)18-2-1-7-28(18)19-6-9-29-20(26-19)17(11-24-29)25-21(31)27-8-5-14(30)12-27/h3-4,6,9-11,14,18,30H,1-2,5,7-8,12H2,(H,25,31)/t14-,18+/m0/s1/i2D2,8D2,12D2. The van der Waals surface area contributed by atoms with Gasteiger partial charge in [-0.2, -0.15) is 5.10 Å². The fraction of sp³-hybridized carbons (Fsp3) is 0.381. The van der Waals surface area contributed by atoms with Gasteiger partial charge in [-0.05, 0) is 43.5 Å². The Labute approximate surface area is 185 Å². The molecule has 0 unspecified atom stereocenters. The first-order valence-corrected chi connectivity index (χ1v) is 9.58. The molecule has 10 heteroatoms. The van der Waals surface area contributed by atoms with Gasteiger partial charge >= 0.3 is 6.03 Å². The number of likely N-dealkylation sites (tertiary alicyclic amines) is 1. The SMILES string of the molecule is [2H]C1([2H])CCN(c2ccn3ncc(NC(=O)N4C([2H])([2H])C[C@H](O)C4([2H])[2H])c3n2)[C@H]1c1cc(F)ccc1F. The Kier molecular flexibility index (Phi) is 3.49. The van der Waals surface area contributed by atoms with Crippen LogP contribution >= 0.6 is 0 Å². The molecule has 0 bridgehead atoms. The van der Waals surface area contributed by atoms with Gasteiger partial charge in [-0.1, -0.05) is 0 Å². The predicted octanol–water partition coefficient (Wildman–Crippen LogP) is 2.95. The lowest BCUT2D eigenvalue weighted by Crippen LogP contribution is -2.33. The first kappa shape index (κ1) is 13.9. The maximum atomic E-state index is 14.6. The molecule has 4 heterocycles. The van der Waals surface area contributed by atoms with E-state index in [0.29, 0.717) is 0 Å². The number of fused-ring (bicyclic) bond motifs is 1. The van der Waals surface area contributed by atoms with Gasteiger partial charge in [0.1, 0.15) is 23.1 Å². The molecule has 2 N–H and O–H groups in total. The molecular weight excluding hydrogens is 406 g/mol. The minimum absolute atomic E-state index is 0.00414. The summed E-state index contributed by atoms with van der Waals surface area (Å²) in [6.45, 7) is -4.99. The molecular formula is C21H22F2N6O2. The summed E-state index contributed by atoms with van der Waals surface area (Å²) in [5, 5.41) is 16.4. The monoisotopic (exact) mass is 434 g/mol. The average molecular weight is 434 g/mol. The van der Waals surface area contributed by atoms with E-state index in [1.54, 1.807) is 0 Å². The molecule has 2 fully saturated rings. The van der Waals surface area contributed by atoms with Crippen molar-refractivity contribution in [3.8, 4) is 0 Å². The minimum Gasteiger partial charge on any atom is -0.391 e. The lowest BCUT2D eigenvalue weighted by atomic mass is 10.0. The maximum absolute atomic E-state index is 14.6. The Morgan fingerprint density at radius 1 is 1.32 bits per heavy atom. The molecule has 1 aromatic carbocycles. The van der Waals surface area contributed by atoms with Gasteiger partial charge in [-0.3, -0.25) is 0 Å². The van der Waals surface area contributed by atoms with E-state index < -0.39 is 55.6 Å². The molecule has 2 saturated heterocycles. The summed E-state index contributed by atoms with van der Waals surface area (Å²) < 4.78 is 78.5. The maximum Gasteiger partial charge on any atom is 0.322 e. The highest BCUT2D eigenvalue weighted by Gasteiger charge is 2.30. The highest BCUT2D eigenvalue weighted by molar-refractivity contribution is 5.93. The number of rotatable bonds is 3. The Balaban J connectivity index is 1.50. The summed E-state index contributed by atoms with van der Waals surface area (Å²) in [5.41, 5.74) is -0.101. The Hall–Kier alpha value is -3.27. The van der Waals surface area contributed by atoms with E-state index in [0.717, 1.165) is 18.2 Å². The van der Waals surface area contributed by atoms with Crippen molar-refractivity contribution >= 4 is 23.2 Å². The van der Waals surface area contributed by atoms with Crippen LogP contribution in [-0.4, -0.2) is 56.3 Å². The number of halogens is 2. The quantitative estimate of drug-likeness (QED) is 0.662. The predicted molar refractivity (Wildman–Crippen MR) is 110 cm³/mol. The van der Waals surface area contributed by atoms with E-state index >= 15 is 0 Å². The van der Waals surface area contributed by atoms with Crippen molar-refractivity contribution < 1.29 is 26.9 Å². The molecule has 0 spiro atoms. The number of β-amino-alcohol motifs (C(OH)–C–C–N with tert-alkyl or cyclic N) is 1. The second-order valence-electron chi connectivity index (χ2n) is 7.10. The average Bonchev–Trinajstić information content (AvgIpc) is 3.38. The molecule has 2 aliphatic rings. The van der Waals surface area contributed by atoms with Crippen LogP contribution in [0.5, 0.6) is 0 Å². The van der Waals surface area contributed by atoms with Crippen molar-refractivity contribution in [3.05, 3.63) is 53.9 Å². The number of aliphatic hydroxyl groups is 1. The molecule has 2 aliphatic heterocycles. The van der Waals surface area contributed by atoms with Gasteiger partial charge in [0, 0.05) is 36.8 Å². The summed E-state index contributed by atoms with van der Waals surface area (Å²) in [7, 11) is 0. The molecule has 2 atom stereocenters. The first-order valence-electron chi connectivity index (χ1n) is 12.6. The van der Waals surface area contributed by atoms with Crippen LogP contribution in [0.3, 0.4) is 0 Å². The second kappa shape index (κ2) is 7.77. The van der Waals surface area contributed by atoms with Crippen molar-refractivity contribution in [1.82, 2.24) is 19.5 Å². The zero-order valence-corrected chi connectivity index (χ0v) is 16.1. The summed E-state index contributed by atoms with van der Waals surface area (Å²) in [5.74, 6) is -1.28. The van der Waals surface area contributed by atoms with Gasteiger partial charge in [-0.25, -0.2) is 23.1 Å². The van der Waals surface area contributed by atoms with Gasteiger partial charge in [0.05, 0.1) is 21.1 Å². The van der Waals surface area contributed by atoms with Crippen molar-refractivity contribution in [3.63, 3.8) is 0 Å². The number of nitrogens with zero attached hydrogens (tertiary/aromatic N) is 5. The molecule has 2 aromatic heterocycles. The third kappa shape index (κ3) is 3.67. The van der Waals surface area contributed by atoms with Crippen LogP contribution < -0.4 is 10.2 Å². The zero-order chi connectivity index (χ0) is 26.9.